The van der Waals surface area contributed by atoms with Gasteiger partial charge in [-0.3, -0.25) is 0 Å². The predicted octanol–water partition coefficient (Wildman–Crippen LogP) is 3.78. The first-order valence-electron chi connectivity index (χ1n) is 4.81. The summed E-state index contributed by atoms with van der Waals surface area (Å²) in [5.74, 6) is 0. The van der Waals surface area contributed by atoms with Crippen LogP contribution in [0.5, 0.6) is 0 Å². The lowest BCUT2D eigenvalue weighted by molar-refractivity contribution is 1.12. The smallest absolute Gasteiger partial charge is 0.124 e. The molecule has 2 nitrogen and oxygen atoms in total. The Hall–Kier alpha value is -1.19. The van der Waals surface area contributed by atoms with E-state index in [-0.39, 0.29) is 0 Å². The van der Waals surface area contributed by atoms with Crippen LogP contribution in [-0.2, 0) is 0 Å². The topological polar surface area (TPSA) is 38.9 Å². The second-order valence-corrected chi connectivity index (χ2v) is 4.96. The molecule has 0 saturated heterocycles. The molecule has 2 N–H and O–H groups in total. The molecule has 2 rings (SSSR count). The minimum Gasteiger partial charge on any atom is -0.397 e. The number of nitrogen functional groups attached to an aromatic ring is 1. The van der Waals surface area contributed by atoms with E-state index in [2.05, 4.69) is 4.98 Å². The van der Waals surface area contributed by atoms with E-state index in [1.54, 1.807) is 0 Å². The number of aromatic nitrogens is 1. The fourth-order valence-corrected chi connectivity index (χ4v) is 2.18. The van der Waals surface area contributed by atoms with Crippen molar-refractivity contribution in [3.8, 4) is 0 Å². The first kappa shape index (κ1) is 11.3. The van der Waals surface area contributed by atoms with Crippen molar-refractivity contribution in [2.75, 3.05) is 5.73 Å². The third kappa shape index (κ3) is 2.68. The van der Waals surface area contributed by atoms with Crippen LogP contribution in [0.1, 0.15) is 5.56 Å². The molecule has 1 heterocycles. The molecule has 0 aliphatic rings. The lowest BCUT2D eigenvalue weighted by Gasteiger charge is -2.05. The first-order valence-corrected chi connectivity index (χ1v) is 6.00. The number of hydrogen-bond donors (Lipinski definition) is 1. The van der Waals surface area contributed by atoms with Crippen LogP contribution < -0.4 is 5.73 Å². The molecule has 0 unspecified atom stereocenters. The van der Waals surface area contributed by atoms with E-state index in [4.69, 9.17) is 17.3 Å². The lowest BCUT2D eigenvalue weighted by atomic mass is 10.3. The molecule has 0 atom stereocenters. The number of nitrogens with two attached hydrogens (primary N) is 1. The van der Waals surface area contributed by atoms with Crippen LogP contribution >= 0.6 is 23.4 Å². The zero-order chi connectivity index (χ0) is 11.5. The van der Waals surface area contributed by atoms with Crippen molar-refractivity contribution in [2.24, 2.45) is 0 Å². The molecule has 2 aromatic rings. The average Bonchev–Trinajstić information content (AvgIpc) is 2.25. The molecule has 4 heteroatoms. The van der Waals surface area contributed by atoms with Crippen molar-refractivity contribution in [1.82, 2.24) is 4.98 Å². The number of nitrogens with zero attached hydrogens (tertiary/aromatic N) is 1. The largest absolute Gasteiger partial charge is 0.397 e. The SMILES string of the molecule is Cc1cnc(Sc2ccc(Cl)cc2)c(N)c1. The number of benzene rings is 1. The number of halogens is 1. The lowest BCUT2D eigenvalue weighted by Crippen LogP contribution is -1.92. The van der Waals surface area contributed by atoms with Crippen LogP contribution in [0, 0.1) is 6.92 Å². The van der Waals surface area contributed by atoms with Crippen LogP contribution in [0.4, 0.5) is 5.69 Å². The van der Waals surface area contributed by atoms with E-state index in [1.165, 1.54) is 11.8 Å². The van der Waals surface area contributed by atoms with E-state index in [1.807, 2.05) is 43.5 Å². The van der Waals surface area contributed by atoms with Gasteiger partial charge in [-0.2, -0.15) is 0 Å². The second kappa shape index (κ2) is 4.76. The molecule has 0 aliphatic carbocycles. The third-order valence-electron chi connectivity index (χ3n) is 2.04. The molecular weight excluding hydrogens is 240 g/mol. The number of aryl methyl sites for hydroxylation is 1. The number of rotatable bonds is 2. The van der Waals surface area contributed by atoms with Crippen molar-refractivity contribution in [1.29, 1.82) is 0 Å². The number of pyridine rings is 1. The monoisotopic (exact) mass is 250 g/mol. The Morgan fingerprint density at radius 1 is 1.25 bits per heavy atom. The van der Waals surface area contributed by atoms with Gasteiger partial charge in [0, 0.05) is 16.1 Å². The molecule has 0 aliphatic heterocycles. The molecule has 0 amide bonds. The Kier molecular flexibility index (Phi) is 3.36. The summed E-state index contributed by atoms with van der Waals surface area (Å²) in [7, 11) is 0. The van der Waals surface area contributed by atoms with Crippen molar-refractivity contribution in [3.05, 3.63) is 47.1 Å². The molecule has 0 bridgehead atoms. The maximum atomic E-state index is 5.89. The molecule has 1 aromatic carbocycles. The van der Waals surface area contributed by atoms with Crippen molar-refractivity contribution in [2.45, 2.75) is 16.8 Å². The summed E-state index contributed by atoms with van der Waals surface area (Å²) in [6, 6.07) is 9.54. The van der Waals surface area contributed by atoms with E-state index in [0.717, 1.165) is 20.5 Å². The van der Waals surface area contributed by atoms with Gasteiger partial charge >= 0.3 is 0 Å². The van der Waals surface area contributed by atoms with Gasteiger partial charge in [0.1, 0.15) is 5.03 Å². The Balaban J connectivity index is 2.23. The zero-order valence-electron chi connectivity index (χ0n) is 8.77. The van der Waals surface area contributed by atoms with Gasteiger partial charge in [0.05, 0.1) is 5.69 Å². The highest BCUT2D eigenvalue weighted by Crippen LogP contribution is 2.30. The highest BCUT2D eigenvalue weighted by Gasteiger charge is 2.03. The van der Waals surface area contributed by atoms with Gasteiger partial charge in [-0.15, -0.1) is 0 Å². The van der Waals surface area contributed by atoms with E-state index >= 15 is 0 Å². The molecular formula is C12H11ClN2S. The third-order valence-corrected chi connectivity index (χ3v) is 3.34. The fourth-order valence-electron chi connectivity index (χ4n) is 1.28. The molecule has 0 radical (unpaired) electrons. The Bertz CT molecular complexity index is 497. The van der Waals surface area contributed by atoms with Crippen LogP contribution in [-0.4, -0.2) is 4.98 Å². The molecule has 0 saturated carbocycles. The van der Waals surface area contributed by atoms with Gasteiger partial charge in [0.15, 0.2) is 0 Å². The van der Waals surface area contributed by atoms with E-state index < -0.39 is 0 Å². The molecule has 1 aromatic heterocycles. The first-order chi connectivity index (χ1) is 7.65. The summed E-state index contributed by atoms with van der Waals surface area (Å²) in [6.45, 7) is 1.97. The number of anilines is 1. The Labute approximate surface area is 104 Å². The van der Waals surface area contributed by atoms with Crippen molar-refractivity contribution < 1.29 is 0 Å². The minimum atomic E-state index is 0.708. The van der Waals surface area contributed by atoms with Gasteiger partial charge in [-0.25, -0.2) is 4.98 Å². The summed E-state index contributed by atoms with van der Waals surface area (Å²) >= 11 is 7.35. The van der Waals surface area contributed by atoms with Gasteiger partial charge in [0.2, 0.25) is 0 Å². The zero-order valence-corrected chi connectivity index (χ0v) is 10.3. The average molecular weight is 251 g/mol. The molecule has 16 heavy (non-hydrogen) atoms. The van der Waals surface area contributed by atoms with Gasteiger partial charge in [0.25, 0.3) is 0 Å². The summed E-state index contributed by atoms with van der Waals surface area (Å²) < 4.78 is 0. The summed E-state index contributed by atoms with van der Waals surface area (Å²) in [5, 5.41) is 1.56. The van der Waals surface area contributed by atoms with Gasteiger partial charge < -0.3 is 5.73 Å². The molecule has 0 spiro atoms. The fraction of sp³-hybridized carbons (Fsp3) is 0.0833. The second-order valence-electron chi connectivity index (χ2n) is 3.46. The maximum absolute atomic E-state index is 5.89. The predicted molar refractivity (Wildman–Crippen MR) is 69.0 cm³/mol. The normalized spacial score (nSPS) is 10.4. The van der Waals surface area contributed by atoms with E-state index in [0.29, 0.717) is 5.69 Å². The molecule has 0 fully saturated rings. The highest BCUT2D eigenvalue weighted by atomic mass is 35.5. The summed E-state index contributed by atoms with van der Waals surface area (Å²) in [4.78, 5) is 5.38. The Morgan fingerprint density at radius 3 is 2.56 bits per heavy atom. The van der Waals surface area contributed by atoms with Crippen LogP contribution in [0.2, 0.25) is 5.02 Å². The highest BCUT2D eigenvalue weighted by molar-refractivity contribution is 7.99. The van der Waals surface area contributed by atoms with Crippen molar-refractivity contribution >= 4 is 29.1 Å². The number of hydrogen-bond acceptors (Lipinski definition) is 3. The summed E-state index contributed by atoms with van der Waals surface area (Å²) in [6.07, 6.45) is 1.81. The Morgan fingerprint density at radius 2 is 1.94 bits per heavy atom. The summed E-state index contributed by atoms with van der Waals surface area (Å²) in [5.41, 5.74) is 7.67. The van der Waals surface area contributed by atoms with Crippen LogP contribution in [0.3, 0.4) is 0 Å². The maximum Gasteiger partial charge on any atom is 0.124 e. The van der Waals surface area contributed by atoms with Gasteiger partial charge in [-0.05, 0) is 42.8 Å². The minimum absolute atomic E-state index is 0.708. The van der Waals surface area contributed by atoms with Crippen molar-refractivity contribution in [3.63, 3.8) is 0 Å². The van der Waals surface area contributed by atoms with E-state index in [9.17, 15) is 0 Å². The van der Waals surface area contributed by atoms with Crippen LogP contribution in [0.25, 0.3) is 0 Å². The standard InChI is InChI=1S/C12H11ClN2S/c1-8-6-11(14)12(15-7-8)16-10-4-2-9(13)3-5-10/h2-7H,14H2,1H3. The quantitative estimate of drug-likeness (QED) is 0.882. The van der Waals surface area contributed by atoms with Crippen LogP contribution in [0.15, 0.2) is 46.5 Å². The van der Waals surface area contributed by atoms with Gasteiger partial charge in [-0.1, -0.05) is 23.4 Å². The molecule has 82 valence electrons.